The number of phenols is 1. The number of rotatable bonds is 3. The number of piperazine rings is 1. The Morgan fingerprint density at radius 3 is 2.36 bits per heavy atom. The van der Waals surface area contributed by atoms with E-state index in [2.05, 4.69) is 16.0 Å². The zero-order valence-electron chi connectivity index (χ0n) is 25.3. The van der Waals surface area contributed by atoms with E-state index in [1.165, 1.54) is 16.7 Å². The SMILES string of the molecule is Cc1cc(C#N)cc(C)c1-n1c(=O)nc(N2CCN(C(=O)OC(C)(C)C)C[C@@H]2C)c2cc(F)c(-c3c(O)cccc3F)nc21. The van der Waals surface area contributed by atoms with Gasteiger partial charge in [-0.15, -0.1) is 0 Å². The van der Waals surface area contributed by atoms with E-state index in [4.69, 9.17) is 4.74 Å². The molecule has 0 aliphatic carbocycles. The number of aromatic hydroxyl groups is 1. The second-order valence-electron chi connectivity index (χ2n) is 11.9. The van der Waals surface area contributed by atoms with Crippen LogP contribution in [0.1, 0.15) is 44.4 Å². The van der Waals surface area contributed by atoms with E-state index in [9.17, 15) is 24.3 Å². The molecular formula is C32H32F2N6O4. The fourth-order valence-corrected chi connectivity index (χ4v) is 5.59. The van der Waals surface area contributed by atoms with Crippen LogP contribution in [0.4, 0.5) is 19.4 Å². The molecule has 0 radical (unpaired) electrons. The summed E-state index contributed by atoms with van der Waals surface area (Å²) in [6, 6.07) is 9.67. The summed E-state index contributed by atoms with van der Waals surface area (Å²) in [4.78, 5) is 38.8. The molecule has 1 fully saturated rings. The Kier molecular flexibility index (Phi) is 7.76. The number of anilines is 1. The number of halogens is 2. The zero-order chi connectivity index (χ0) is 32.1. The number of nitriles is 1. The Hall–Kier alpha value is -5.05. The number of aromatic nitrogens is 3. The predicted octanol–water partition coefficient (Wildman–Crippen LogP) is 5.37. The van der Waals surface area contributed by atoms with Gasteiger partial charge in [0.25, 0.3) is 0 Å². The molecule has 2 aromatic carbocycles. The first-order chi connectivity index (χ1) is 20.7. The molecule has 0 bridgehead atoms. The highest BCUT2D eigenvalue weighted by Gasteiger charge is 2.33. The van der Waals surface area contributed by atoms with Gasteiger partial charge in [-0.1, -0.05) is 6.07 Å². The molecule has 4 aromatic rings. The van der Waals surface area contributed by atoms with Crippen LogP contribution in [-0.2, 0) is 4.74 Å². The van der Waals surface area contributed by atoms with Crippen LogP contribution in [0, 0.1) is 36.8 Å². The van der Waals surface area contributed by atoms with E-state index in [0.29, 0.717) is 22.4 Å². The maximum Gasteiger partial charge on any atom is 0.410 e. The third kappa shape index (κ3) is 5.53. The van der Waals surface area contributed by atoms with Crippen LogP contribution >= 0.6 is 0 Å². The highest BCUT2D eigenvalue weighted by molar-refractivity contribution is 5.91. The largest absolute Gasteiger partial charge is 0.507 e. The van der Waals surface area contributed by atoms with Crippen molar-refractivity contribution in [3.63, 3.8) is 0 Å². The average Bonchev–Trinajstić information content (AvgIpc) is 2.93. The summed E-state index contributed by atoms with van der Waals surface area (Å²) in [6.07, 6.45) is -0.467. The molecule has 3 heterocycles. The fraction of sp³-hybridized carbons (Fsp3) is 0.344. The van der Waals surface area contributed by atoms with Crippen molar-refractivity contribution < 1.29 is 23.4 Å². The normalized spacial score (nSPS) is 15.4. The Labute approximate surface area is 252 Å². The minimum atomic E-state index is -0.931. The number of aryl methyl sites for hydroxylation is 2. The molecule has 228 valence electrons. The Balaban J connectivity index is 1.73. The highest BCUT2D eigenvalue weighted by Crippen LogP contribution is 2.36. The summed E-state index contributed by atoms with van der Waals surface area (Å²) in [7, 11) is 0. The fourth-order valence-electron chi connectivity index (χ4n) is 5.59. The molecule has 12 heteroatoms. The summed E-state index contributed by atoms with van der Waals surface area (Å²) < 4.78 is 37.5. The van der Waals surface area contributed by atoms with Gasteiger partial charge in [0, 0.05) is 25.7 Å². The molecule has 1 aliphatic rings. The van der Waals surface area contributed by atoms with Gasteiger partial charge < -0.3 is 19.6 Å². The van der Waals surface area contributed by atoms with E-state index in [1.54, 1.807) is 56.6 Å². The minimum Gasteiger partial charge on any atom is -0.507 e. The summed E-state index contributed by atoms with van der Waals surface area (Å²) in [5.41, 5.74) is -0.427. The van der Waals surface area contributed by atoms with E-state index in [-0.39, 0.29) is 42.5 Å². The quantitative estimate of drug-likeness (QED) is 0.332. The standard InChI is InChI=1S/C32H32F2N6O4/c1-17-12-20(15-35)13-18(2)27(17)40-29-21(14-23(34)26(36-29)25-22(33)8-7-9-24(25)41)28(37-30(40)42)39-11-10-38(16-19(39)3)31(43)44-32(4,5)6/h7-9,12-14,19,41H,10-11,16H2,1-6H3/t19-/m0/s1. The molecule has 1 atom stereocenters. The number of carbonyl (C=O) groups is 1. The van der Waals surface area contributed by atoms with Gasteiger partial charge >= 0.3 is 11.8 Å². The van der Waals surface area contributed by atoms with Crippen molar-refractivity contribution in [1.29, 1.82) is 5.26 Å². The van der Waals surface area contributed by atoms with Crippen molar-refractivity contribution in [3.8, 4) is 28.8 Å². The number of hydrogen-bond donors (Lipinski definition) is 1. The number of pyridine rings is 1. The number of ether oxygens (including phenoxy) is 1. The number of benzene rings is 2. The van der Waals surface area contributed by atoms with Crippen LogP contribution in [0.5, 0.6) is 5.75 Å². The molecule has 0 saturated carbocycles. The lowest BCUT2D eigenvalue weighted by Gasteiger charge is -2.41. The van der Waals surface area contributed by atoms with Gasteiger partial charge in [-0.2, -0.15) is 10.2 Å². The van der Waals surface area contributed by atoms with Crippen molar-refractivity contribution >= 4 is 22.9 Å². The topological polar surface area (TPSA) is 125 Å². The van der Waals surface area contributed by atoms with Crippen LogP contribution in [0.3, 0.4) is 0 Å². The molecule has 5 rings (SSSR count). The van der Waals surface area contributed by atoms with Gasteiger partial charge in [-0.3, -0.25) is 0 Å². The summed E-state index contributed by atoms with van der Waals surface area (Å²) in [6.45, 7) is 11.4. The summed E-state index contributed by atoms with van der Waals surface area (Å²) >= 11 is 0. The van der Waals surface area contributed by atoms with E-state index < -0.39 is 46.0 Å². The minimum absolute atomic E-state index is 0.0169. The van der Waals surface area contributed by atoms with Crippen LogP contribution in [0.25, 0.3) is 28.0 Å². The first kappa shape index (κ1) is 30.4. The van der Waals surface area contributed by atoms with Gasteiger partial charge in [0.05, 0.1) is 28.3 Å². The predicted molar refractivity (Wildman–Crippen MR) is 161 cm³/mol. The third-order valence-corrected chi connectivity index (χ3v) is 7.42. The van der Waals surface area contributed by atoms with Crippen molar-refractivity contribution in [3.05, 3.63) is 75.2 Å². The van der Waals surface area contributed by atoms with Gasteiger partial charge in [0.15, 0.2) is 11.5 Å². The van der Waals surface area contributed by atoms with Crippen molar-refractivity contribution in [2.24, 2.45) is 0 Å². The van der Waals surface area contributed by atoms with Crippen LogP contribution < -0.4 is 10.6 Å². The molecule has 10 nitrogen and oxygen atoms in total. The number of phenolic OH excluding ortho intramolecular Hbond substituents is 1. The lowest BCUT2D eigenvalue weighted by atomic mass is 10.0. The molecule has 1 aliphatic heterocycles. The molecule has 1 saturated heterocycles. The number of carbonyl (C=O) groups excluding carboxylic acids is 1. The second kappa shape index (κ2) is 11.2. The molecule has 1 amide bonds. The van der Waals surface area contributed by atoms with Gasteiger partial charge in [0.1, 0.15) is 28.7 Å². The lowest BCUT2D eigenvalue weighted by Crippen LogP contribution is -2.55. The Morgan fingerprint density at radius 1 is 1.09 bits per heavy atom. The van der Waals surface area contributed by atoms with Crippen molar-refractivity contribution in [2.75, 3.05) is 24.5 Å². The molecular weight excluding hydrogens is 570 g/mol. The average molecular weight is 603 g/mol. The second-order valence-corrected chi connectivity index (χ2v) is 11.9. The molecule has 1 N–H and O–H groups in total. The lowest BCUT2D eigenvalue weighted by molar-refractivity contribution is 0.0218. The van der Waals surface area contributed by atoms with Crippen LogP contribution in [-0.4, -0.2) is 61.9 Å². The Morgan fingerprint density at radius 2 is 1.77 bits per heavy atom. The Bertz CT molecular complexity index is 1870. The summed E-state index contributed by atoms with van der Waals surface area (Å²) in [5.74, 6) is -2.19. The maximum atomic E-state index is 15.8. The van der Waals surface area contributed by atoms with Gasteiger partial charge in [-0.05, 0) is 83.0 Å². The maximum absolute atomic E-state index is 15.8. The molecule has 0 spiro atoms. The molecule has 2 aromatic heterocycles. The van der Waals surface area contributed by atoms with E-state index in [1.807, 2.05) is 6.92 Å². The number of fused-ring (bicyclic) bond motifs is 1. The molecule has 0 unspecified atom stereocenters. The summed E-state index contributed by atoms with van der Waals surface area (Å²) in [5, 5.41) is 20.1. The smallest absolute Gasteiger partial charge is 0.410 e. The highest BCUT2D eigenvalue weighted by atomic mass is 19.1. The molecule has 44 heavy (non-hydrogen) atoms. The number of amides is 1. The zero-order valence-corrected chi connectivity index (χ0v) is 25.3. The third-order valence-electron chi connectivity index (χ3n) is 7.42. The number of hydrogen-bond acceptors (Lipinski definition) is 8. The van der Waals surface area contributed by atoms with E-state index in [0.717, 1.165) is 12.1 Å². The van der Waals surface area contributed by atoms with E-state index >= 15 is 4.39 Å². The first-order valence-corrected chi connectivity index (χ1v) is 14.1. The van der Waals surface area contributed by atoms with Gasteiger partial charge in [-0.25, -0.2) is 27.9 Å². The van der Waals surface area contributed by atoms with Crippen molar-refractivity contribution in [2.45, 2.75) is 53.2 Å². The van der Waals surface area contributed by atoms with Crippen LogP contribution in [0.15, 0.2) is 41.2 Å². The first-order valence-electron chi connectivity index (χ1n) is 14.1. The van der Waals surface area contributed by atoms with Crippen LogP contribution in [0.2, 0.25) is 0 Å². The van der Waals surface area contributed by atoms with Gasteiger partial charge in [0.2, 0.25) is 0 Å². The monoisotopic (exact) mass is 602 g/mol. The number of nitrogens with zero attached hydrogens (tertiary/aromatic N) is 6. The van der Waals surface area contributed by atoms with Crippen molar-refractivity contribution in [1.82, 2.24) is 19.4 Å².